The van der Waals surface area contributed by atoms with E-state index in [4.69, 9.17) is 0 Å². The Morgan fingerprint density at radius 3 is 2.67 bits per heavy atom. The molecule has 0 N–H and O–H groups in total. The van der Waals surface area contributed by atoms with Gasteiger partial charge >= 0.3 is 0 Å². The van der Waals surface area contributed by atoms with E-state index < -0.39 is 0 Å². The molecular formula is C10H19NO. The Morgan fingerprint density at radius 2 is 2.17 bits per heavy atom. The Kier molecular flexibility index (Phi) is 3.12. The van der Waals surface area contributed by atoms with Crippen molar-refractivity contribution in [1.82, 2.24) is 4.90 Å². The van der Waals surface area contributed by atoms with Gasteiger partial charge in [0.15, 0.2) is 0 Å². The quantitative estimate of drug-likeness (QED) is 0.620. The van der Waals surface area contributed by atoms with Gasteiger partial charge in [-0.1, -0.05) is 13.3 Å². The molecule has 2 heteroatoms. The number of rotatable bonds is 2. The van der Waals surface area contributed by atoms with Crippen LogP contribution in [0.2, 0.25) is 0 Å². The van der Waals surface area contributed by atoms with Crippen molar-refractivity contribution in [2.24, 2.45) is 0 Å². The van der Waals surface area contributed by atoms with E-state index in [0.29, 0.717) is 12.1 Å². The topological polar surface area (TPSA) is 20.3 Å². The van der Waals surface area contributed by atoms with Crippen LogP contribution in [-0.2, 0) is 4.79 Å². The largest absolute Gasteiger partial charge is 0.337 e. The van der Waals surface area contributed by atoms with Crippen LogP contribution in [0.1, 0.15) is 46.5 Å². The van der Waals surface area contributed by atoms with Gasteiger partial charge in [0.05, 0.1) is 0 Å². The number of amides is 1. The van der Waals surface area contributed by atoms with Crippen molar-refractivity contribution < 1.29 is 4.79 Å². The van der Waals surface area contributed by atoms with E-state index in [1.165, 1.54) is 25.7 Å². The highest BCUT2D eigenvalue weighted by Crippen LogP contribution is 2.26. The van der Waals surface area contributed by atoms with Crippen LogP contribution in [0.4, 0.5) is 0 Å². The first-order valence-corrected chi connectivity index (χ1v) is 4.95. The van der Waals surface area contributed by atoms with Crippen molar-refractivity contribution in [3.05, 3.63) is 0 Å². The molecule has 1 rings (SSSR count). The molecule has 0 aromatic carbocycles. The van der Waals surface area contributed by atoms with Gasteiger partial charge in [0.2, 0.25) is 5.91 Å². The van der Waals surface area contributed by atoms with Crippen LogP contribution in [0.25, 0.3) is 0 Å². The molecule has 0 aromatic heterocycles. The van der Waals surface area contributed by atoms with Gasteiger partial charge < -0.3 is 4.90 Å². The highest BCUT2D eigenvalue weighted by molar-refractivity contribution is 5.74. The number of carbonyl (C=O) groups excluding carboxylic acids is 1. The van der Waals surface area contributed by atoms with Gasteiger partial charge in [-0.15, -0.1) is 0 Å². The minimum absolute atomic E-state index is 0.249. The highest BCUT2D eigenvalue weighted by atomic mass is 16.2. The monoisotopic (exact) mass is 169 g/mol. The summed E-state index contributed by atoms with van der Waals surface area (Å²) in [5.41, 5.74) is 0. The molecule has 0 aliphatic carbocycles. The molecule has 0 aromatic rings. The van der Waals surface area contributed by atoms with E-state index in [-0.39, 0.29) is 5.91 Å². The standard InChI is InChI=1S/C10H19NO/c1-4-5-10-7-6-8(2)11(10)9(3)12/h8,10H,4-7H2,1-3H3. The number of carbonyl (C=O) groups is 1. The molecule has 1 heterocycles. The Hall–Kier alpha value is -0.530. The molecule has 0 spiro atoms. The zero-order valence-corrected chi connectivity index (χ0v) is 8.34. The van der Waals surface area contributed by atoms with E-state index in [2.05, 4.69) is 18.7 Å². The molecule has 1 fully saturated rings. The second-order valence-corrected chi connectivity index (χ2v) is 3.80. The lowest BCUT2D eigenvalue weighted by atomic mass is 10.1. The molecule has 0 bridgehead atoms. The predicted molar refractivity (Wildman–Crippen MR) is 49.9 cm³/mol. The predicted octanol–water partition coefficient (Wildman–Crippen LogP) is 2.19. The van der Waals surface area contributed by atoms with Crippen molar-refractivity contribution in [2.75, 3.05) is 0 Å². The fraction of sp³-hybridized carbons (Fsp3) is 0.900. The fourth-order valence-corrected chi connectivity index (χ4v) is 2.26. The van der Waals surface area contributed by atoms with Crippen molar-refractivity contribution in [3.8, 4) is 0 Å². The van der Waals surface area contributed by atoms with Crippen LogP contribution >= 0.6 is 0 Å². The average Bonchev–Trinajstić information content (AvgIpc) is 2.32. The number of nitrogens with zero attached hydrogens (tertiary/aromatic N) is 1. The molecule has 0 radical (unpaired) electrons. The third-order valence-electron chi connectivity index (χ3n) is 2.77. The molecule has 12 heavy (non-hydrogen) atoms. The minimum Gasteiger partial charge on any atom is -0.337 e. The van der Waals surface area contributed by atoms with Crippen LogP contribution in [0.3, 0.4) is 0 Å². The van der Waals surface area contributed by atoms with Gasteiger partial charge in [0.1, 0.15) is 0 Å². The van der Waals surface area contributed by atoms with Crippen LogP contribution < -0.4 is 0 Å². The van der Waals surface area contributed by atoms with Crippen LogP contribution in [0, 0.1) is 0 Å². The molecule has 2 atom stereocenters. The smallest absolute Gasteiger partial charge is 0.219 e. The third kappa shape index (κ3) is 1.79. The fourth-order valence-electron chi connectivity index (χ4n) is 2.26. The van der Waals surface area contributed by atoms with E-state index in [1.54, 1.807) is 6.92 Å². The van der Waals surface area contributed by atoms with Gasteiger partial charge in [-0.25, -0.2) is 0 Å². The molecule has 1 amide bonds. The number of hydrogen-bond acceptors (Lipinski definition) is 1. The van der Waals surface area contributed by atoms with Crippen molar-refractivity contribution >= 4 is 5.91 Å². The summed E-state index contributed by atoms with van der Waals surface area (Å²) in [7, 11) is 0. The Morgan fingerprint density at radius 1 is 1.50 bits per heavy atom. The Balaban J connectivity index is 2.57. The Bertz CT molecular complexity index is 165. The first-order chi connectivity index (χ1) is 5.66. The van der Waals surface area contributed by atoms with E-state index in [9.17, 15) is 4.79 Å². The van der Waals surface area contributed by atoms with Crippen molar-refractivity contribution in [1.29, 1.82) is 0 Å². The maximum atomic E-state index is 11.3. The van der Waals surface area contributed by atoms with Gasteiger partial charge in [0.25, 0.3) is 0 Å². The molecule has 1 aliphatic rings. The van der Waals surface area contributed by atoms with Crippen molar-refractivity contribution in [2.45, 2.75) is 58.5 Å². The molecule has 70 valence electrons. The Labute approximate surface area is 74.9 Å². The highest BCUT2D eigenvalue weighted by Gasteiger charge is 2.31. The second-order valence-electron chi connectivity index (χ2n) is 3.80. The first-order valence-electron chi connectivity index (χ1n) is 4.95. The summed E-state index contributed by atoms with van der Waals surface area (Å²) >= 11 is 0. The summed E-state index contributed by atoms with van der Waals surface area (Å²) in [6.07, 6.45) is 4.74. The summed E-state index contributed by atoms with van der Waals surface area (Å²) < 4.78 is 0. The third-order valence-corrected chi connectivity index (χ3v) is 2.77. The summed E-state index contributed by atoms with van der Waals surface area (Å²) in [4.78, 5) is 13.3. The van der Waals surface area contributed by atoms with Crippen molar-refractivity contribution in [3.63, 3.8) is 0 Å². The number of hydrogen-bond donors (Lipinski definition) is 0. The summed E-state index contributed by atoms with van der Waals surface area (Å²) in [5.74, 6) is 0.249. The summed E-state index contributed by atoms with van der Waals surface area (Å²) in [6, 6.07) is 1.00. The molecule has 1 saturated heterocycles. The zero-order valence-electron chi connectivity index (χ0n) is 8.34. The van der Waals surface area contributed by atoms with E-state index >= 15 is 0 Å². The van der Waals surface area contributed by atoms with Crippen LogP contribution in [0.15, 0.2) is 0 Å². The van der Waals surface area contributed by atoms with E-state index in [1.807, 2.05) is 0 Å². The van der Waals surface area contributed by atoms with Gasteiger partial charge in [-0.2, -0.15) is 0 Å². The maximum Gasteiger partial charge on any atom is 0.219 e. The summed E-state index contributed by atoms with van der Waals surface area (Å²) in [5, 5.41) is 0. The zero-order chi connectivity index (χ0) is 9.14. The molecule has 2 nitrogen and oxygen atoms in total. The molecule has 0 saturated carbocycles. The first kappa shape index (κ1) is 9.56. The average molecular weight is 169 g/mol. The number of likely N-dealkylation sites (tertiary alicyclic amines) is 1. The lowest BCUT2D eigenvalue weighted by Crippen LogP contribution is -2.38. The van der Waals surface area contributed by atoms with E-state index in [0.717, 1.165) is 0 Å². The SMILES string of the molecule is CCCC1CCC(C)N1C(C)=O. The van der Waals surface area contributed by atoms with Gasteiger partial charge in [-0.05, 0) is 26.2 Å². The minimum atomic E-state index is 0.249. The maximum absolute atomic E-state index is 11.3. The lowest BCUT2D eigenvalue weighted by Gasteiger charge is -2.27. The van der Waals surface area contributed by atoms with Gasteiger partial charge in [-0.3, -0.25) is 4.79 Å². The normalized spacial score (nSPS) is 29.4. The molecule has 2 unspecified atom stereocenters. The van der Waals surface area contributed by atoms with Crippen LogP contribution in [0.5, 0.6) is 0 Å². The second kappa shape index (κ2) is 3.92. The van der Waals surface area contributed by atoms with Crippen LogP contribution in [-0.4, -0.2) is 22.9 Å². The summed E-state index contributed by atoms with van der Waals surface area (Å²) in [6.45, 7) is 6.02. The van der Waals surface area contributed by atoms with Gasteiger partial charge in [0, 0.05) is 19.0 Å². The molecule has 1 aliphatic heterocycles. The lowest BCUT2D eigenvalue weighted by molar-refractivity contribution is -0.131. The molecular weight excluding hydrogens is 150 g/mol.